The second-order valence-electron chi connectivity index (χ2n) is 7.23. The highest BCUT2D eigenvalue weighted by Gasteiger charge is 2.42. The maximum Gasteiger partial charge on any atom is 0.245 e. The molecule has 0 radical (unpaired) electrons. The molecule has 1 saturated heterocycles. The summed E-state index contributed by atoms with van der Waals surface area (Å²) in [7, 11) is -3.23. The number of sulfone groups is 1. The molecule has 0 bridgehead atoms. The van der Waals surface area contributed by atoms with Gasteiger partial charge < -0.3 is 19.7 Å². The molecule has 3 heterocycles. The molecule has 0 saturated carbocycles. The van der Waals surface area contributed by atoms with Gasteiger partial charge in [0.25, 0.3) is 0 Å². The van der Waals surface area contributed by atoms with Crippen LogP contribution in [0.4, 0.5) is 0 Å². The van der Waals surface area contributed by atoms with Crippen molar-refractivity contribution in [1.29, 1.82) is 0 Å². The third-order valence-corrected chi connectivity index (χ3v) is 6.19. The van der Waals surface area contributed by atoms with E-state index >= 15 is 0 Å². The molecular formula is C19H22N4O6S. The van der Waals surface area contributed by atoms with E-state index in [1.165, 1.54) is 18.9 Å². The third kappa shape index (κ3) is 3.88. The van der Waals surface area contributed by atoms with Crippen LogP contribution < -0.4 is 4.74 Å². The monoisotopic (exact) mass is 434 g/mol. The van der Waals surface area contributed by atoms with E-state index in [0.29, 0.717) is 24.2 Å². The lowest BCUT2D eigenvalue weighted by atomic mass is 10.1. The number of aliphatic hydroxyl groups excluding tert-OH is 2. The lowest BCUT2D eigenvalue weighted by molar-refractivity contribution is -0.0299. The van der Waals surface area contributed by atoms with Crippen molar-refractivity contribution in [3.05, 3.63) is 42.5 Å². The fourth-order valence-corrected chi connectivity index (χ4v) is 3.98. The van der Waals surface area contributed by atoms with Gasteiger partial charge in [0.2, 0.25) is 5.88 Å². The molecule has 2 aromatic heterocycles. The van der Waals surface area contributed by atoms with Gasteiger partial charge in [0, 0.05) is 12.7 Å². The smallest absolute Gasteiger partial charge is 0.245 e. The summed E-state index contributed by atoms with van der Waals surface area (Å²) < 4.78 is 36.0. The fraction of sp³-hybridized carbons (Fsp3) is 0.421. The number of imidazole rings is 1. The van der Waals surface area contributed by atoms with E-state index in [0.717, 1.165) is 5.56 Å². The third-order valence-electron chi connectivity index (χ3n) is 5.06. The summed E-state index contributed by atoms with van der Waals surface area (Å²) in [5.74, 6) is 0.285. The molecule has 1 fully saturated rings. The summed E-state index contributed by atoms with van der Waals surface area (Å²) in [5.41, 5.74) is 1.75. The van der Waals surface area contributed by atoms with E-state index in [9.17, 15) is 18.6 Å². The van der Waals surface area contributed by atoms with Crippen molar-refractivity contribution < 1.29 is 28.1 Å². The number of aliphatic hydroxyl groups is 2. The van der Waals surface area contributed by atoms with Crippen LogP contribution in [0.2, 0.25) is 0 Å². The lowest BCUT2D eigenvalue weighted by Crippen LogP contribution is -2.30. The average molecular weight is 434 g/mol. The van der Waals surface area contributed by atoms with Crippen molar-refractivity contribution in [2.75, 3.05) is 12.9 Å². The molecule has 3 aromatic rings. The number of fused-ring (bicyclic) bond motifs is 1. The Labute approximate surface area is 173 Å². The first-order chi connectivity index (χ1) is 14.3. The number of ether oxygens (including phenoxy) is 2. The minimum absolute atomic E-state index is 0.269. The minimum atomic E-state index is -3.23. The van der Waals surface area contributed by atoms with E-state index < -0.39 is 34.4 Å². The number of nitrogens with zero attached hydrogens (tertiary/aromatic N) is 4. The number of aromatic nitrogens is 4. The second-order valence-corrected chi connectivity index (χ2v) is 9.25. The van der Waals surface area contributed by atoms with Gasteiger partial charge in [0.05, 0.1) is 23.9 Å². The molecule has 0 aliphatic carbocycles. The summed E-state index contributed by atoms with van der Waals surface area (Å²) in [5, 5.41) is 20.2. The summed E-state index contributed by atoms with van der Waals surface area (Å²) in [6.45, 7) is 1.98. The van der Waals surface area contributed by atoms with Crippen LogP contribution in [-0.2, 0) is 21.0 Å². The van der Waals surface area contributed by atoms with Crippen LogP contribution in [0.1, 0.15) is 18.7 Å². The molecule has 1 aliphatic rings. The van der Waals surface area contributed by atoms with Gasteiger partial charge in [-0.2, -0.15) is 4.98 Å². The first-order valence-corrected chi connectivity index (χ1v) is 11.3. The minimum Gasteiger partial charge on any atom is -0.476 e. The SMILES string of the molecule is C[C@H]1O[C@@H](n2cnc3c(OCCc4ccc(S(C)(=O)=O)cc4)ncnc32)[C@H](O)[C@@H]1O. The maximum absolute atomic E-state index is 11.5. The standard InChI is InChI=1S/C19H22N4O6S/c1-11-15(24)16(25)19(29-11)23-10-22-14-17(23)20-9-21-18(14)28-8-7-12-3-5-13(6-4-12)30(2,26)27/h3-6,9-11,15-16,19,24-25H,7-8H2,1-2H3/t11-,15-,16-,19-/m1/s1. The van der Waals surface area contributed by atoms with Crippen molar-refractivity contribution in [2.24, 2.45) is 0 Å². The average Bonchev–Trinajstić information content (AvgIpc) is 3.25. The van der Waals surface area contributed by atoms with Crippen LogP contribution in [0, 0.1) is 0 Å². The first-order valence-electron chi connectivity index (χ1n) is 9.36. The van der Waals surface area contributed by atoms with E-state index in [-0.39, 0.29) is 10.8 Å². The predicted octanol–water partition coefficient (Wildman–Crippen LogP) is 0.490. The van der Waals surface area contributed by atoms with Gasteiger partial charge >= 0.3 is 0 Å². The Hall–Kier alpha value is -2.60. The molecule has 2 N–H and O–H groups in total. The van der Waals surface area contributed by atoms with Crippen LogP contribution in [0.25, 0.3) is 11.2 Å². The molecule has 0 spiro atoms. The zero-order chi connectivity index (χ0) is 21.5. The zero-order valence-corrected chi connectivity index (χ0v) is 17.2. The first kappa shape index (κ1) is 20.7. The number of hydrogen-bond donors (Lipinski definition) is 2. The van der Waals surface area contributed by atoms with Crippen LogP contribution in [0.15, 0.2) is 41.8 Å². The van der Waals surface area contributed by atoms with E-state index in [1.54, 1.807) is 35.8 Å². The highest BCUT2D eigenvalue weighted by molar-refractivity contribution is 7.90. The largest absolute Gasteiger partial charge is 0.476 e. The second kappa shape index (κ2) is 7.91. The van der Waals surface area contributed by atoms with Crippen molar-refractivity contribution in [3.63, 3.8) is 0 Å². The maximum atomic E-state index is 11.5. The molecule has 1 aliphatic heterocycles. The van der Waals surface area contributed by atoms with E-state index in [1.807, 2.05) is 0 Å². The summed E-state index contributed by atoms with van der Waals surface area (Å²) >= 11 is 0. The molecule has 10 nitrogen and oxygen atoms in total. The van der Waals surface area contributed by atoms with Gasteiger partial charge in [0.1, 0.15) is 18.5 Å². The number of benzene rings is 1. The Morgan fingerprint density at radius 1 is 1.13 bits per heavy atom. The van der Waals surface area contributed by atoms with Gasteiger partial charge in [-0.05, 0) is 24.6 Å². The predicted molar refractivity (Wildman–Crippen MR) is 106 cm³/mol. The molecule has 11 heteroatoms. The van der Waals surface area contributed by atoms with Crippen molar-refractivity contribution in [3.8, 4) is 5.88 Å². The molecule has 160 valence electrons. The van der Waals surface area contributed by atoms with Crippen molar-refractivity contribution in [1.82, 2.24) is 19.5 Å². The Bertz CT molecular complexity index is 1150. The van der Waals surface area contributed by atoms with E-state index in [4.69, 9.17) is 9.47 Å². The molecule has 4 rings (SSSR count). The molecule has 0 amide bonds. The van der Waals surface area contributed by atoms with Gasteiger partial charge in [-0.1, -0.05) is 12.1 Å². The quantitative estimate of drug-likeness (QED) is 0.568. The van der Waals surface area contributed by atoms with Crippen molar-refractivity contribution >= 4 is 21.0 Å². The number of hydrogen-bond acceptors (Lipinski definition) is 9. The van der Waals surface area contributed by atoms with Crippen LogP contribution in [-0.4, -0.2) is 69.3 Å². The lowest BCUT2D eigenvalue weighted by Gasteiger charge is -2.16. The molecule has 0 unspecified atom stereocenters. The van der Waals surface area contributed by atoms with Gasteiger partial charge in [-0.15, -0.1) is 0 Å². The topological polar surface area (TPSA) is 137 Å². The van der Waals surface area contributed by atoms with Crippen LogP contribution in [0.5, 0.6) is 5.88 Å². The summed E-state index contributed by atoms with van der Waals surface area (Å²) in [6, 6.07) is 6.62. The Morgan fingerprint density at radius 3 is 2.50 bits per heavy atom. The fourth-order valence-electron chi connectivity index (χ4n) is 3.35. The molecule has 1 aromatic carbocycles. The normalized spacial score (nSPS) is 24.4. The number of rotatable bonds is 6. The van der Waals surface area contributed by atoms with Crippen molar-refractivity contribution in [2.45, 2.75) is 42.8 Å². The van der Waals surface area contributed by atoms with Crippen LogP contribution >= 0.6 is 0 Å². The highest BCUT2D eigenvalue weighted by atomic mass is 32.2. The van der Waals surface area contributed by atoms with Gasteiger partial charge in [0.15, 0.2) is 27.2 Å². The zero-order valence-electron chi connectivity index (χ0n) is 16.4. The van der Waals surface area contributed by atoms with Gasteiger partial charge in [-0.25, -0.2) is 18.4 Å². The summed E-state index contributed by atoms with van der Waals surface area (Å²) in [4.78, 5) is 12.9. The van der Waals surface area contributed by atoms with Crippen LogP contribution in [0.3, 0.4) is 0 Å². The Balaban J connectivity index is 1.47. The molecular weight excluding hydrogens is 412 g/mol. The Kier molecular flexibility index (Phi) is 5.45. The van der Waals surface area contributed by atoms with E-state index in [2.05, 4.69) is 15.0 Å². The molecule has 30 heavy (non-hydrogen) atoms. The Morgan fingerprint density at radius 2 is 1.87 bits per heavy atom. The van der Waals surface area contributed by atoms with Gasteiger partial charge in [-0.3, -0.25) is 4.57 Å². The molecule has 4 atom stereocenters. The summed E-state index contributed by atoms with van der Waals surface area (Å²) in [6.07, 6.45) is 1.08. The highest BCUT2D eigenvalue weighted by Crippen LogP contribution is 2.32.